The molecule has 1 unspecified atom stereocenters. The van der Waals surface area contributed by atoms with Crippen molar-refractivity contribution in [3.63, 3.8) is 0 Å². The van der Waals surface area contributed by atoms with Gasteiger partial charge in [0.1, 0.15) is 12.4 Å². The predicted molar refractivity (Wildman–Crippen MR) is 55.1 cm³/mol. The van der Waals surface area contributed by atoms with Crippen LogP contribution in [0.3, 0.4) is 0 Å². The molecule has 13 heavy (non-hydrogen) atoms. The van der Waals surface area contributed by atoms with E-state index < -0.39 is 0 Å². The van der Waals surface area contributed by atoms with E-state index in [-0.39, 0.29) is 6.04 Å². The second kappa shape index (κ2) is 4.28. The van der Waals surface area contributed by atoms with Gasteiger partial charge in [-0.2, -0.15) is 0 Å². The molecule has 0 aliphatic rings. The van der Waals surface area contributed by atoms with E-state index >= 15 is 0 Å². The molecular formula is C11H17NO. The van der Waals surface area contributed by atoms with Gasteiger partial charge in [0.05, 0.1) is 0 Å². The Morgan fingerprint density at radius 2 is 2.08 bits per heavy atom. The van der Waals surface area contributed by atoms with Gasteiger partial charge in [-0.3, -0.25) is 0 Å². The summed E-state index contributed by atoms with van der Waals surface area (Å²) in [6.07, 6.45) is 0. The highest BCUT2D eigenvalue weighted by Gasteiger charge is 2.00. The lowest BCUT2D eigenvalue weighted by Gasteiger charge is -2.11. The molecule has 1 aromatic rings. The SMILES string of the molecule is Cc1ccc(C)c(OCC(C)N)c1. The maximum Gasteiger partial charge on any atom is 0.122 e. The highest BCUT2D eigenvalue weighted by atomic mass is 16.5. The standard InChI is InChI=1S/C11H17NO/c1-8-4-5-9(2)11(6-8)13-7-10(3)12/h4-6,10H,7,12H2,1-3H3. The van der Waals surface area contributed by atoms with Crippen LogP contribution in [-0.2, 0) is 0 Å². The number of ether oxygens (including phenoxy) is 1. The van der Waals surface area contributed by atoms with Crippen molar-refractivity contribution in [1.29, 1.82) is 0 Å². The van der Waals surface area contributed by atoms with Crippen LogP contribution >= 0.6 is 0 Å². The van der Waals surface area contributed by atoms with Gasteiger partial charge < -0.3 is 10.5 Å². The fraction of sp³-hybridized carbons (Fsp3) is 0.455. The van der Waals surface area contributed by atoms with Crippen molar-refractivity contribution in [1.82, 2.24) is 0 Å². The molecule has 0 bridgehead atoms. The van der Waals surface area contributed by atoms with Crippen LogP contribution in [0.25, 0.3) is 0 Å². The zero-order valence-corrected chi connectivity index (χ0v) is 8.50. The lowest BCUT2D eigenvalue weighted by Crippen LogP contribution is -2.23. The van der Waals surface area contributed by atoms with Gasteiger partial charge >= 0.3 is 0 Å². The quantitative estimate of drug-likeness (QED) is 0.770. The number of hydrogen-bond donors (Lipinski definition) is 1. The number of aryl methyl sites for hydroxylation is 2. The Kier molecular flexibility index (Phi) is 3.32. The van der Waals surface area contributed by atoms with Crippen LogP contribution in [0.5, 0.6) is 5.75 Å². The molecule has 2 heteroatoms. The van der Waals surface area contributed by atoms with Gasteiger partial charge in [0, 0.05) is 6.04 Å². The van der Waals surface area contributed by atoms with Gasteiger partial charge in [0.15, 0.2) is 0 Å². The summed E-state index contributed by atoms with van der Waals surface area (Å²) in [6.45, 7) is 6.60. The average molecular weight is 179 g/mol. The Morgan fingerprint density at radius 1 is 1.38 bits per heavy atom. The average Bonchev–Trinajstić information content (AvgIpc) is 2.06. The molecule has 0 fully saturated rings. The Morgan fingerprint density at radius 3 is 2.69 bits per heavy atom. The van der Waals surface area contributed by atoms with Crippen molar-refractivity contribution in [2.24, 2.45) is 5.73 Å². The van der Waals surface area contributed by atoms with E-state index in [2.05, 4.69) is 19.1 Å². The van der Waals surface area contributed by atoms with Gasteiger partial charge in [0.2, 0.25) is 0 Å². The molecule has 1 atom stereocenters. The second-order valence-electron chi connectivity index (χ2n) is 3.56. The number of nitrogens with two attached hydrogens (primary N) is 1. The van der Waals surface area contributed by atoms with Gasteiger partial charge in [-0.1, -0.05) is 12.1 Å². The van der Waals surface area contributed by atoms with Crippen LogP contribution in [0.1, 0.15) is 18.1 Å². The summed E-state index contributed by atoms with van der Waals surface area (Å²) >= 11 is 0. The first-order valence-corrected chi connectivity index (χ1v) is 4.55. The van der Waals surface area contributed by atoms with Gasteiger partial charge in [-0.05, 0) is 38.0 Å². The van der Waals surface area contributed by atoms with Crippen molar-refractivity contribution in [2.75, 3.05) is 6.61 Å². The van der Waals surface area contributed by atoms with Crippen molar-refractivity contribution in [2.45, 2.75) is 26.8 Å². The Balaban J connectivity index is 2.70. The fourth-order valence-corrected chi connectivity index (χ4v) is 1.08. The molecule has 0 saturated heterocycles. The highest BCUT2D eigenvalue weighted by Crippen LogP contribution is 2.18. The molecule has 2 nitrogen and oxygen atoms in total. The summed E-state index contributed by atoms with van der Waals surface area (Å²) in [6, 6.07) is 6.26. The second-order valence-corrected chi connectivity index (χ2v) is 3.56. The molecule has 0 aliphatic carbocycles. The maximum absolute atomic E-state index is 5.60. The monoisotopic (exact) mass is 179 g/mol. The zero-order chi connectivity index (χ0) is 9.84. The third-order valence-electron chi connectivity index (χ3n) is 1.85. The van der Waals surface area contributed by atoms with E-state index in [9.17, 15) is 0 Å². The van der Waals surface area contributed by atoms with Crippen molar-refractivity contribution in [3.8, 4) is 5.75 Å². The Hall–Kier alpha value is -1.02. The van der Waals surface area contributed by atoms with Crippen molar-refractivity contribution >= 4 is 0 Å². The zero-order valence-electron chi connectivity index (χ0n) is 8.50. The molecule has 1 rings (SSSR count). The van der Waals surface area contributed by atoms with Crippen LogP contribution in [0.4, 0.5) is 0 Å². The normalized spacial score (nSPS) is 12.6. The number of hydrogen-bond acceptors (Lipinski definition) is 2. The van der Waals surface area contributed by atoms with Crippen LogP contribution in [0.2, 0.25) is 0 Å². The summed E-state index contributed by atoms with van der Waals surface area (Å²) in [7, 11) is 0. The van der Waals surface area contributed by atoms with Crippen LogP contribution < -0.4 is 10.5 Å². The first-order chi connectivity index (χ1) is 6.09. The minimum atomic E-state index is 0.0833. The van der Waals surface area contributed by atoms with E-state index in [0.29, 0.717) is 6.61 Å². The predicted octanol–water partition coefficient (Wildman–Crippen LogP) is 2.03. The molecular weight excluding hydrogens is 162 g/mol. The summed E-state index contributed by atoms with van der Waals surface area (Å²) in [5.74, 6) is 0.942. The van der Waals surface area contributed by atoms with Crippen LogP contribution in [0, 0.1) is 13.8 Å². The third-order valence-corrected chi connectivity index (χ3v) is 1.85. The molecule has 0 amide bonds. The van der Waals surface area contributed by atoms with E-state index in [1.54, 1.807) is 0 Å². The fourth-order valence-electron chi connectivity index (χ4n) is 1.08. The summed E-state index contributed by atoms with van der Waals surface area (Å²) < 4.78 is 5.55. The first-order valence-electron chi connectivity index (χ1n) is 4.55. The number of benzene rings is 1. The maximum atomic E-state index is 5.60. The van der Waals surface area contributed by atoms with E-state index in [1.165, 1.54) is 5.56 Å². The van der Waals surface area contributed by atoms with Crippen LogP contribution in [0.15, 0.2) is 18.2 Å². The van der Waals surface area contributed by atoms with Gasteiger partial charge in [-0.15, -0.1) is 0 Å². The first kappa shape index (κ1) is 10.1. The molecule has 0 saturated carbocycles. The lowest BCUT2D eigenvalue weighted by atomic mass is 10.1. The van der Waals surface area contributed by atoms with E-state index in [1.807, 2.05) is 19.9 Å². The van der Waals surface area contributed by atoms with E-state index in [0.717, 1.165) is 11.3 Å². The van der Waals surface area contributed by atoms with Gasteiger partial charge in [0.25, 0.3) is 0 Å². The molecule has 0 radical (unpaired) electrons. The van der Waals surface area contributed by atoms with Gasteiger partial charge in [-0.25, -0.2) is 0 Å². The summed E-state index contributed by atoms with van der Waals surface area (Å²) in [5.41, 5.74) is 7.98. The third kappa shape index (κ3) is 3.07. The minimum Gasteiger partial charge on any atom is -0.492 e. The smallest absolute Gasteiger partial charge is 0.122 e. The Bertz CT molecular complexity index is 281. The minimum absolute atomic E-state index is 0.0833. The molecule has 0 aliphatic heterocycles. The molecule has 1 aromatic carbocycles. The Labute approximate surface area is 79.7 Å². The van der Waals surface area contributed by atoms with E-state index in [4.69, 9.17) is 10.5 Å². The summed E-state index contributed by atoms with van der Waals surface area (Å²) in [4.78, 5) is 0. The molecule has 0 heterocycles. The number of rotatable bonds is 3. The molecule has 72 valence electrons. The topological polar surface area (TPSA) is 35.2 Å². The molecule has 0 aromatic heterocycles. The van der Waals surface area contributed by atoms with Crippen molar-refractivity contribution in [3.05, 3.63) is 29.3 Å². The molecule has 0 spiro atoms. The molecule has 2 N–H and O–H groups in total. The summed E-state index contributed by atoms with van der Waals surface area (Å²) in [5, 5.41) is 0. The largest absolute Gasteiger partial charge is 0.492 e. The van der Waals surface area contributed by atoms with Crippen molar-refractivity contribution < 1.29 is 4.74 Å². The van der Waals surface area contributed by atoms with Crippen LogP contribution in [-0.4, -0.2) is 12.6 Å². The highest BCUT2D eigenvalue weighted by molar-refractivity contribution is 5.35. The lowest BCUT2D eigenvalue weighted by molar-refractivity contribution is 0.294.